The van der Waals surface area contributed by atoms with Crippen LogP contribution in [0.25, 0.3) is 0 Å². The lowest BCUT2D eigenvalue weighted by molar-refractivity contribution is -0.137. The van der Waals surface area contributed by atoms with E-state index in [0.29, 0.717) is 5.56 Å². The molecule has 124 valence electrons. The number of hydrogen-bond acceptors (Lipinski definition) is 3. The van der Waals surface area contributed by atoms with E-state index < -0.39 is 36.1 Å². The van der Waals surface area contributed by atoms with Crippen molar-refractivity contribution >= 4 is 6.09 Å². The molecular formula is C15H20F3NO3. The van der Waals surface area contributed by atoms with Crippen LogP contribution in [0.4, 0.5) is 18.0 Å². The zero-order chi connectivity index (χ0) is 17.0. The third kappa shape index (κ3) is 6.34. The van der Waals surface area contributed by atoms with Crippen molar-refractivity contribution in [3.8, 4) is 0 Å². The Morgan fingerprint density at radius 2 is 1.95 bits per heavy atom. The Morgan fingerprint density at radius 3 is 2.45 bits per heavy atom. The summed E-state index contributed by atoms with van der Waals surface area (Å²) < 4.78 is 43.0. The maximum absolute atomic E-state index is 12.6. The average Bonchev–Trinajstić information content (AvgIpc) is 2.35. The Hall–Kier alpha value is -1.76. The molecule has 0 saturated carbocycles. The summed E-state index contributed by atoms with van der Waals surface area (Å²) in [6.07, 6.45) is -5.08. The SMILES string of the molecule is CC(C)(C)OC(=O)N[C@H](CO)Cc1cccc(C(F)(F)F)c1. The molecule has 0 saturated heterocycles. The van der Waals surface area contributed by atoms with Crippen LogP contribution in [-0.4, -0.2) is 29.4 Å². The van der Waals surface area contributed by atoms with E-state index in [0.717, 1.165) is 12.1 Å². The molecule has 0 aliphatic carbocycles. The maximum atomic E-state index is 12.6. The van der Waals surface area contributed by atoms with Gasteiger partial charge in [-0.25, -0.2) is 4.79 Å². The van der Waals surface area contributed by atoms with E-state index in [1.54, 1.807) is 20.8 Å². The summed E-state index contributed by atoms with van der Waals surface area (Å²) in [5, 5.41) is 11.7. The van der Waals surface area contributed by atoms with Gasteiger partial charge < -0.3 is 15.2 Å². The molecule has 7 heteroatoms. The van der Waals surface area contributed by atoms with Crippen LogP contribution in [0, 0.1) is 0 Å². The fourth-order valence-electron chi connectivity index (χ4n) is 1.79. The standard InChI is InChI=1S/C15H20F3NO3/c1-14(2,3)22-13(21)19-12(9-20)8-10-5-4-6-11(7-10)15(16,17)18/h4-7,12,20H,8-9H2,1-3H3,(H,19,21)/t12-/m0/s1. The van der Waals surface area contributed by atoms with E-state index in [1.807, 2.05) is 0 Å². The van der Waals surface area contributed by atoms with E-state index in [9.17, 15) is 23.1 Å². The number of rotatable bonds is 4. The molecule has 1 rings (SSSR count). The second-order valence-electron chi connectivity index (χ2n) is 5.93. The number of halogens is 3. The van der Waals surface area contributed by atoms with Crippen LogP contribution < -0.4 is 5.32 Å². The summed E-state index contributed by atoms with van der Waals surface area (Å²) in [7, 11) is 0. The van der Waals surface area contributed by atoms with Crippen molar-refractivity contribution < 1.29 is 27.8 Å². The number of ether oxygens (including phenoxy) is 1. The number of aliphatic hydroxyl groups excluding tert-OH is 1. The molecule has 0 spiro atoms. The van der Waals surface area contributed by atoms with Crippen molar-refractivity contribution in [3.63, 3.8) is 0 Å². The molecular weight excluding hydrogens is 299 g/mol. The number of amides is 1. The lowest BCUT2D eigenvalue weighted by Crippen LogP contribution is -2.42. The van der Waals surface area contributed by atoms with E-state index in [4.69, 9.17) is 4.74 Å². The molecule has 0 aliphatic rings. The van der Waals surface area contributed by atoms with Crippen molar-refractivity contribution in [2.75, 3.05) is 6.61 Å². The van der Waals surface area contributed by atoms with Gasteiger partial charge in [0.1, 0.15) is 5.60 Å². The van der Waals surface area contributed by atoms with Crippen LogP contribution in [-0.2, 0) is 17.3 Å². The molecule has 0 heterocycles. The summed E-state index contributed by atoms with van der Waals surface area (Å²) in [5.74, 6) is 0. The topological polar surface area (TPSA) is 58.6 Å². The number of alkyl carbamates (subject to hydrolysis) is 1. The summed E-state index contributed by atoms with van der Waals surface area (Å²) >= 11 is 0. The summed E-state index contributed by atoms with van der Waals surface area (Å²) in [6, 6.07) is 4.05. The van der Waals surface area contributed by atoms with Crippen molar-refractivity contribution in [1.29, 1.82) is 0 Å². The molecule has 4 nitrogen and oxygen atoms in total. The van der Waals surface area contributed by atoms with Crippen LogP contribution in [0.15, 0.2) is 24.3 Å². The van der Waals surface area contributed by atoms with Crippen LogP contribution in [0.5, 0.6) is 0 Å². The van der Waals surface area contributed by atoms with Gasteiger partial charge >= 0.3 is 12.3 Å². The third-order valence-electron chi connectivity index (χ3n) is 2.68. The lowest BCUT2D eigenvalue weighted by atomic mass is 10.0. The highest BCUT2D eigenvalue weighted by molar-refractivity contribution is 5.68. The highest BCUT2D eigenvalue weighted by atomic mass is 19.4. The van der Waals surface area contributed by atoms with Gasteiger partial charge in [0.2, 0.25) is 0 Å². The van der Waals surface area contributed by atoms with Crippen molar-refractivity contribution in [3.05, 3.63) is 35.4 Å². The van der Waals surface area contributed by atoms with Gasteiger partial charge in [-0.1, -0.05) is 18.2 Å². The average molecular weight is 319 g/mol. The van der Waals surface area contributed by atoms with Gasteiger partial charge in [-0.05, 0) is 38.8 Å². The van der Waals surface area contributed by atoms with Gasteiger partial charge in [0, 0.05) is 0 Å². The Labute approximate surface area is 127 Å². The summed E-state index contributed by atoms with van der Waals surface area (Å²) in [6.45, 7) is 4.66. The quantitative estimate of drug-likeness (QED) is 0.896. The minimum Gasteiger partial charge on any atom is -0.444 e. The minimum absolute atomic E-state index is 0.0691. The molecule has 0 fully saturated rings. The van der Waals surface area contributed by atoms with Gasteiger partial charge in [-0.3, -0.25) is 0 Å². The first-order chi connectivity index (χ1) is 10.0. The monoisotopic (exact) mass is 319 g/mol. The highest BCUT2D eigenvalue weighted by Gasteiger charge is 2.30. The maximum Gasteiger partial charge on any atom is 0.416 e. The molecule has 0 radical (unpaired) electrons. The fourth-order valence-corrected chi connectivity index (χ4v) is 1.79. The molecule has 1 amide bonds. The molecule has 0 bridgehead atoms. The number of carbonyl (C=O) groups excluding carboxylic acids is 1. The second kappa shape index (κ2) is 7.00. The molecule has 0 unspecified atom stereocenters. The summed E-state index contributed by atoms with van der Waals surface area (Å²) in [4.78, 5) is 11.6. The Balaban J connectivity index is 2.73. The van der Waals surface area contributed by atoms with E-state index in [-0.39, 0.29) is 6.42 Å². The van der Waals surface area contributed by atoms with Crippen molar-refractivity contribution in [2.24, 2.45) is 0 Å². The molecule has 1 aromatic carbocycles. The largest absolute Gasteiger partial charge is 0.444 e. The normalized spacial score (nSPS) is 13.6. The second-order valence-corrected chi connectivity index (χ2v) is 5.93. The van der Waals surface area contributed by atoms with Gasteiger partial charge in [-0.15, -0.1) is 0 Å². The number of aliphatic hydroxyl groups is 1. The van der Waals surface area contributed by atoms with E-state index >= 15 is 0 Å². The number of nitrogens with one attached hydrogen (secondary N) is 1. The Morgan fingerprint density at radius 1 is 1.32 bits per heavy atom. The number of hydrogen-bond donors (Lipinski definition) is 2. The van der Waals surface area contributed by atoms with Crippen LogP contribution in [0.1, 0.15) is 31.9 Å². The number of alkyl halides is 3. The molecule has 0 aliphatic heterocycles. The van der Waals surface area contributed by atoms with Gasteiger partial charge in [-0.2, -0.15) is 13.2 Å². The van der Waals surface area contributed by atoms with Gasteiger partial charge in [0.25, 0.3) is 0 Å². The summed E-state index contributed by atoms with van der Waals surface area (Å²) in [5.41, 5.74) is -1.09. The Bertz CT molecular complexity index is 509. The van der Waals surface area contributed by atoms with E-state index in [1.165, 1.54) is 12.1 Å². The fraction of sp³-hybridized carbons (Fsp3) is 0.533. The highest BCUT2D eigenvalue weighted by Crippen LogP contribution is 2.29. The predicted molar refractivity (Wildman–Crippen MR) is 75.4 cm³/mol. The van der Waals surface area contributed by atoms with Gasteiger partial charge in [0.05, 0.1) is 18.2 Å². The number of benzene rings is 1. The van der Waals surface area contributed by atoms with Crippen molar-refractivity contribution in [1.82, 2.24) is 5.32 Å². The molecule has 1 aromatic rings. The first kappa shape index (κ1) is 18.3. The van der Waals surface area contributed by atoms with E-state index in [2.05, 4.69) is 5.32 Å². The molecule has 22 heavy (non-hydrogen) atoms. The first-order valence-corrected chi connectivity index (χ1v) is 6.78. The smallest absolute Gasteiger partial charge is 0.416 e. The minimum atomic E-state index is -4.43. The van der Waals surface area contributed by atoms with Crippen molar-refractivity contribution in [2.45, 2.75) is 45.0 Å². The van der Waals surface area contributed by atoms with Crippen LogP contribution >= 0.6 is 0 Å². The lowest BCUT2D eigenvalue weighted by Gasteiger charge is -2.23. The first-order valence-electron chi connectivity index (χ1n) is 6.78. The predicted octanol–water partition coefficient (Wildman–Crippen LogP) is 3.13. The van der Waals surface area contributed by atoms with Crippen LogP contribution in [0.3, 0.4) is 0 Å². The van der Waals surface area contributed by atoms with Crippen LogP contribution in [0.2, 0.25) is 0 Å². The molecule has 2 N–H and O–H groups in total. The van der Waals surface area contributed by atoms with Gasteiger partial charge in [0.15, 0.2) is 0 Å². The zero-order valence-electron chi connectivity index (χ0n) is 12.7. The Kier molecular flexibility index (Phi) is 5.82. The molecule has 1 atom stereocenters. The zero-order valence-corrected chi connectivity index (χ0v) is 12.7. The molecule has 0 aromatic heterocycles. The number of carbonyl (C=O) groups is 1. The third-order valence-corrected chi connectivity index (χ3v) is 2.68.